The minimum Gasteiger partial charge on any atom is -0.481 e. The van der Waals surface area contributed by atoms with Crippen LogP contribution in [0.15, 0.2) is 0 Å². The van der Waals surface area contributed by atoms with Gasteiger partial charge in [-0.2, -0.15) is 12.6 Å². The fourth-order valence-corrected chi connectivity index (χ4v) is 1.55. The number of nitrogens with two attached hydrogens (primary N) is 1. The number of carboxylic acid groups (broad SMARTS) is 1. The Balaban J connectivity index is 4.21. The molecule has 10 heteroatoms. The standard InChI is InChI=1S/C9H15N3O5S2/c10-4(1-2-6(13)14)7(15)12-9(17)11-5(3-18)8(16)19/h4-5,18H,1-3,10H2,(H,13,14)(H,16,19)(H2,11,12,15,17)/t4-,5-/m0/s1. The maximum absolute atomic E-state index is 11.4. The number of amides is 3. The first-order valence-electron chi connectivity index (χ1n) is 5.20. The highest BCUT2D eigenvalue weighted by Gasteiger charge is 2.20. The van der Waals surface area contributed by atoms with Crippen LogP contribution in [0.3, 0.4) is 0 Å². The molecule has 108 valence electrons. The summed E-state index contributed by atoms with van der Waals surface area (Å²) in [4.78, 5) is 43.9. The van der Waals surface area contributed by atoms with Gasteiger partial charge in [-0.1, -0.05) is 0 Å². The lowest BCUT2D eigenvalue weighted by molar-refractivity contribution is -0.137. The number of imide groups is 1. The average Bonchev–Trinajstić information content (AvgIpc) is 2.32. The molecule has 19 heavy (non-hydrogen) atoms. The molecular weight excluding hydrogens is 294 g/mol. The highest BCUT2D eigenvalue weighted by Crippen LogP contribution is 1.96. The van der Waals surface area contributed by atoms with E-state index < -0.39 is 35.1 Å². The molecule has 0 rings (SSSR count). The highest BCUT2D eigenvalue weighted by atomic mass is 32.1. The SMILES string of the molecule is N[C@@H](CCC(=O)O)C(=O)NC(=O)N[C@@H](CS)C(=O)S. The van der Waals surface area contributed by atoms with Gasteiger partial charge in [-0.25, -0.2) is 4.79 Å². The van der Waals surface area contributed by atoms with E-state index in [1.165, 1.54) is 0 Å². The molecule has 5 N–H and O–H groups in total. The van der Waals surface area contributed by atoms with E-state index in [2.05, 4.69) is 30.6 Å². The number of carboxylic acids is 1. The summed E-state index contributed by atoms with van der Waals surface area (Å²) < 4.78 is 0. The summed E-state index contributed by atoms with van der Waals surface area (Å²) in [7, 11) is 0. The largest absolute Gasteiger partial charge is 0.481 e. The summed E-state index contributed by atoms with van der Waals surface area (Å²) in [5.41, 5.74) is 5.38. The van der Waals surface area contributed by atoms with Crippen LogP contribution in [0.25, 0.3) is 0 Å². The number of hydrogen-bond donors (Lipinski definition) is 6. The Morgan fingerprint density at radius 2 is 1.84 bits per heavy atom. The van der Waals surface area contributed by atoms with Crippen molar-refractivity contribution in [3.05, 3.63) is 0 Å². The van der Waals surface area contributed by atoms with Crippen LogP contribution in [0.4, 0.5) is 4.79 Å². The molecular formula is C9H15N3O5S2. The van der Waals surface area contributed by atoms with Gasteiger partial charge in [-0.05, 0) is 6.42 Å². The van der Waals surface area contributed by atoms with Crippen LogP contribution in [-0.2, 0) is 14.4 Å². The number of aliphatic carboxylic acids is 1. The lowest BCUT2D eigenvalue weighted by atomic mass is 10.1. The first-order chi connectivity index (χ1) is 8.77. The van der Waals surface area contributed by atoms with Gasteiger partial charge in [-0.15, -0.1) is 12.6 Å². The van der Waals surface area contributed by atoms with Crippen molar-refractivity contribution in [3.63, 3.8) is 0 Å². The molecule has 0 spiro atoms. The molecule has 0 aromatic heterocycles. The Bertz CT molecular complexity index is 377. The number of thiol groups is 2. The normalized spacial score (nSPS) is 13.2. The van der Waals surface area contributed by atoms with Crippen molar-refractivity contribution in [1.82, 2.24) is 10.6 Å². The molecule has 0 fully saturated rings. The van der Waals surface area contributed by atoms with E-state index in [9.17, 15) is 19.2 Å². The summed E-state index contributed by atoms with van der Waals surface area (Å²) in [6.45, 7) is 0. The van der Waals surface area contributed by atoms with Crippen LogP contribution in [0.2, 0.25) is 0 Å². The molecule has 0 bridgehead atoms. The van der Waals surface area contributed by atoms with Crippen LogP contribution in [-0.4, -0.2) is 46.0 Å². The molecule has 8 nitrogen and oxygen atoms in total. The Morgan fingerprint density at radius 3 is 2.26 bits per heavy atom. The summed E-state index contributed by atoms with van der Waals surface area (Å²) in [6, 6.07) is -2.98. The average molecular weight is 309 g/mol. The van der Waals surface area contributed by atoms with E-state index in [1.54, 1.807) is 0 Å². The predicted molar refractivity (Wildman–Crippen MR) is 73.2 cm³/mol. The number of rotatable bonds is 7. The van der Waals surface area contributed by atoms with Gasteiger partial charge in [0.2, 0.25) is 11.0 Å². The predicted octanol–water partition coefficient (Wildman–Crippen LogP) is -1.24. The molecule has 0 aliphatic heterocycles. The van der Waals surface area contributed by atoms with Crippen molar-refractivity contribution in [3.8, 4) is 0 Å². The molecule has 0 radical (unpaired) electrons. The Kier molecular flexibility index (Phi) is 8.19. The van der Waals surface area contributed by atoms with Gasteiger partial charge in [0, 0.05) is 12.2 Å². The second-order valence-corrected chi connectivity index (χ2v) is 4.38. The Morgan fingerprint density at radius 1 is 1.26 bits per heavy atom. The molecule has 0 heterocycles. The first kappa shape index (κ1) is 17.7. The first-order valence-corrected chi connectivity index (χ1v) is 6.28. The Hall–Kier alpha value is -1.26. The van der Waals surface area contributed by atoms with E-state index in [0.29, 0.717) is 0 Å². The minimum atomic E-state index is -1.12. The third kappa shape index (κ3) is 7.70. The van der Waals surface area contributed by atoms with E-state index in [0.717, 1.165) is 0 Å². The van der Waals surface area contributed by atoms with E-state index in [1.807, 2.05) is 5.32 Å². The fraction of sp³-hybridized carbons (Fsp3) is 0.556. The molecule has 0 aromatic rings. The van der Waals surface area contributed by atoms with Gasteiger partial charge in [0.1, 0.15) is 6.04 Å². The zero-order valence-corrected chi connectivity index (χ0v) is 11.6. The van der Waals surface area contributed by atoms with Gasteiger partial charge in [0.05, 0.1) is 6.04 Å². The molecule has 3 amide bonds. The van der Waals surface area contributed by atoms with Crippen LogP contribution < -0.4 is 16.4 Å². The third-order valence-electron chi connectivity index (χ3n) is 2.03. The minimum absolute atomic E-state index is 0.0228. The summed E-state index contributed by atoms with van der Waals surface area (Å²) in [5, 5.41) is 11.9. The van der Waals surface area contributed by atoms with E-state index in [-0.39, 0.29) is 18.6 Å². The monoisotopic (exact) mass is 309 g/mol. The van der Waals surface area contributed by atoms with Gasteiger partial charge in [0.25, 0.3) is 0 Å². The molecule has 0 aliphatic rings. The van der Waals surface area contributed by atoms with Crippen molar-refractivity contribution in [2.24, 2.45) is 5.73 Å². The van der Waals surface area contributed by atoms with Gasteiger partial charge in [0.15, 0.2) is 0 Å². The molecule has 0 aliphatic carbocycles. The van der Waals surface area contributed by atoms with E-state index in [4.69, 9.17) is 10.8 Å². The Labute approximate surface area is 120 Å². The van der Waals surface area contributed by atoms with Crippen LogP contribution >= 0.6 is 25.3 Å². The van der Waals surface area contributed by atoms with Crippen molar-refractivity contribution in [2.45, 2.75) is 24.9 Å². The van der Waals surface area contributed by atoms with Crippen LogP contribution in [0, 0.1) is 0 Å². The van der Waals surface area contributed by atoms with Gasteiger partial charge >= 0.3 is 12.0 Å². The number of hydrogen-bond acceptors (Lipinski definition) is 6. The zero-order valence-electron chi connectivity index (χ0n) is 9.83. The van der Waals surface area contributed by atoms with Gasteiger partial charge in [-0.3, -0.25) is 19.7 Å². The highest BCUT2D eigenvalue weighted by molar-refractivity contribution is 7.96. The topological polar surface area (TPSA) is 139 Å². The summed E-state index contributed by atoms with van der Waals surface area (Å²) >= 11 is 7.36. The number of urea groups is 1. The fourth-order valence-electron chi connectivity index (χ4n) is 0.994. The quantitative estimate of drug-likeness (QED) is 0.325. The lowest BCUT2D eigenvalue weighted by Crippen LogP contribution is -2.51. The van der Waals surface area contributed by atoms with Crippen molar-refractivity contribution in [1.29, 1.82) is 0 Å². The second-order valence-electron chi connectivity index (χ2n) is 3.58. The molecule has 0 saturated heterocycles. The van der Waals surface area contributed by atoms with Crippen molar-refractivity contribution < 1.29 is 24.3 Å². The molecule has 0 saturated carbocycles. The van der Waals surface area contributed by atoms with Gasteiger partial charge < -0.3 is 16.2 Å². The van der Waals surface area contributed by atoms with Crippen molar-refractivity contribution in [2.75, 3.05) is 5.75 Å². The summed E-state index contributed by atoms with van der Waals surface area (Å²) in [5.74, 6) is -1.90. The maximum Gasteiger partial charge on any atom is 0.322 e. The number of nitrogens with one attached hydrogen (secondary N) is 2. The van der Waals surface area contributed by atoms with E-state index >= 15 is 0 Å². The summed E-state index contributed by atoms with van der Waals surface area (Å²) in [6.07, 6.45) is -0.388. The molecule has 0 aromatic carbocycles. The maximum atomic E-state index is 11.4. The van der Waals surface area contributed by atoms with Crippen LogP contribution in [0.1, 0.15) is 12.8 Å². The third-order valence-corrected chi connectivity index (χ3v) is 2.71. The molecule has 0 unspecified atom stereocenters. The van der Waals surface area contributed by atoms with Crippen LogP contribution in [0.5, 0.6) is 0 Å². The molecule has 2 atom stereocenters. The lowest BCUT2D eigenvalue weighted by Gasteiger charge is -2.14. The second kappa shape index (κ2) is 8.77. The smallest absolute Gasteiger partial charge is 0.322 e. The zero-order chi connectivity index (χ0) is 15.0. The number of carbonyl (C=O) groups excluding carboxylic acids is 3. The van der Waals surface area contributed by atoms with Crippen molar-refractivity contribution >= 4 is 48.3 Å². The number of carbonyl (C=O) groups is 4.